The second-order valence-electron chi connectivity index (χ2n) is 3.87. The molecule has 2 aromatic rings. The first kappa shape index (κ1) is 15.2. The van der Waals surface area contributed by atoms with Gasteiger partial charge in [0, 0.05) is 12.7 Å². The van der Waals surface area contributed by atoms with Crippen molar-refractivity contribution in [3.63, 3.8) is 0 Å². The van der Waals surface area contributed by atoms with E-state index < -0.39 is 13.0 Å². The monoisotopic (exact) mass is 289 g/mol. The molecular formula is C12H14ClF2N3O. The molecule has 1 aromatic heterocycles. The van der Waals surface area contributed by atoms with Crippen LogP contribution >= 0.6 is 12.4 Å². The summed E-state index contributed by atoms with van der Waals surface area (Å²) >= 11 is 0. The van der Waals surface area contributed by atoms with Crippen LogP contribution in [-0.2, 0) is 13.1 Å². The van der Waals surface area contributed by atoms with Crippen molar-refractivity contribution in [1.29, 1.82) is 0 Å². The van der Waals surface area contributed by atoms with Gasteiger partial charge in [0.1, 0.15) is 12.3 Å². The highest BCUT2D eigenvalue weighted by Crippen LogP contribution is 2.13. The molecule has 0 aliphatic heterocycles. The van der Waals surface area contributed by atoms with E-state index in [4.69, 9.17) is 0 Å². The number of aromatic hydroxyl groups is 1. The minimum atomic E-state index is -2.41. The van der Waals surface area contributed by atoms with Gasteiger partial charge < -0.3 is 10.4 Å². The molecule has 4 nitrogen and oxygen atoms in total. The van der Waals surface area contributed by atoms with Crippen LogP contribution in [0.25, 0.3) is 0 Å². The van der Waals surface area contributed by atoms with E-state index in [2.05, 4.69) is 10.4 Å². The summed E-state index contributed by atoms with van der Waals surface area (Å²) in [6, 6.07) is 6.82. The fourth-order valence-electron chi connectivity index (χ4n) is 1.57. The molecule has 0 saturated heterocycles. The van der Waals surface area contributed by atoms with Gasteiger partial charge in [-0.15, -0.1) is 12.4 Å². The number of anilines is 1. The molecule has 0 amide bonds. The van der Waals surface area contributed by atoms with Crippen LogP contribution in [0.3, 0.4) is 0 Å². The molecule has 19 heavy (non-hydrogen) atoms. The van der Waals surface area contributed by atoms with Crippen LogP contribution in [-0.4, -0.2) is 21.3 Å². The number of phenolic OH excluding ortho intramolecular Hbond substituents is 1. The second-order valence-corrected chi connectivity index (χ2v) is 3.87. The molecule has 0 unspecified atom stereocenters. The Kier molecular flexibility index (Phi) is 5.57. The summed E-state index contributed by atoms with van der Waals surface area (Å²) < 4.78 is 25.4. The maximum atomic E-state index is 12.1. The van der Waals surface area contributed by atoms with Crippen molar-refractivity contribution >= 4 is 18.1 Å². The minimum Gasteiger partial charge on any atom is -0.508 e. The van der Waals surface area contributed by atoms with Gasteiger partial charge >= 0.3 is 0 Å². The van der Waals surface area contributed by atoms with Crippen molar-refractivity contribution in [3.8, 4) is 5.75 Å². The van der Waals surface area contributed by atoms with E-state index in [1.165, 1.54) is 17.1 Å². The third kappa shape index (κ3) is 4.75. The van der Waals surface area contributed by atoms with Gasteiger partial charge in [-0.2, -0.15) is 5.10 Å². The molecular weight excluding hydrogens is 276 g/mol. The molecule has 0 bridgehead atoms. The molecule has 1 heterocycles. The van der Waals surface area contributed by atoms with Crippen LogP contribution in [0, 0.1) is 0 Å². The van der Waals surface area contributed by atoms with Crippen molar-refractivity contribution in [3.05, 3.63) is 42.2 Å². The third-order valence-corrected chi connectivity index (χ3v) is 2.37. The fourth-order valence-corrected chi connectivity index (χ4v) is 1.57. The maximum absolute atomic E-state index is 12.1. The van der Waals surface area contributed by atoms with Crippen LogP contribution < -0.4 is 5.32 Å². The number of halogens is 3. The lowest BCUT2D eigenvalue weighted by Gasteiger charge is -2.04. The van der Waals surface area contributed by atoms with Gasteiger partial charge in [0.25, 0.3) is 6.43 Å². The summed E-state index contributed by atoms with van der Waals surface area (Å²) in [6.07, 6.45) is 0.601. The first-order chi connectivity index (χ1) is 8.63. The number of hydrogen-bond donors (Lipinski definition) is 2. The molecule has 0 fully saturated rings. The number of nitrogens with one attached hydrogen (secondary N) is 1. The van der Waals surface area contributed by atoms with E-state index in [1.54, 1.807) is 18.2 Å². The van der Waals surface area contributed by atoms with Gasteiger partial charge in [0.05, 0.1) is 11.9 Å². The van der Waals surface area contributed by atoms with E-state index in [-0.39, 0.29) is 18.2 Å². The number of nitrogens with zero attached hydrogens (tertiary/aromatic N) is 2. The van der Waals surface area contributed by atoms with Crippen molar-refractivity contribution in [2.75, 3.05) is 5.32 Å². The lowest BCUT2D eigenvalue weighted by Crippen LogP contribution is -2.06. The topological polar surface area (TPSA) is 50.1 Å². The molecule has 0 radical (unpaired) electrons. The number of phenols is 1. The Balaban J connectivity index is 0.00000180. The third-order valence-electron chi connectivity index (χ3n) is 2.37. The van der Waals surface area contributed by atoms with E-state index in [1.807, 2.05) is 6.07 Å². The van der Waals surface area contributed by atoms with Crippen LogP contribution in [0.4, 0.5) is 14.5 Å². The predicted octanol–water partition coefficient (Wildman–Crippen LogP) is 2.89. The van der Waals surface area contributed by atoms with Crippen molar-refractivity contribution in [1.82, 2.24) is 9.78 Å². The highest BCUT2D eigenvalue weighted by Gasteiger charge is 2.05. The molecule has 104 valence electrons. The van der Waals surface area contributed by atoms with Gasteiger partial charge in [-0.05, 0) is 17.7 Å². The van der Waals surface area contributed by atoms with Crippen molar-refractivity contribution < 1.29 is 13.9 Å². The highest BCUT2D eigenvalue weighted by atomic mass is 35.5. The average Bonchev–Trinajstić information content (AvgIpc) is 2.73. The summed E-state index contributed by atoms with van der Waals surface area (Å²) in [5.74, 6) is 0.197. The van der Waals surface area contributed by atoms with E-state index in [9.17, 15) is 13.9 Å². The zero-order valence-corrected chi connectivity index (χ0v) is 10.8. The Morgan fingerprint density at radius 3 is 2.84 bits per heavy atom. The van der Waals surface area contributed by atoms with Crippen LogP contribution in [0.1, 0.15) is 5.56 Å². The Morgan fingerprint density at radius 2 is 2.16 bits per heavy atom. The minimum absolute atomic E-state index is 0. The van der Waals surface area contributed by atoms with Gasteiger partial charge in [-0.25, -0.2) is 8.78 Å². The zero-order chi connectivity index (χ0) is 13.0. The van der Waals surface area contributed by atoms with Crippen LogP contribution in [0.5, 0.6) is 5.75 Å². The first-order valence-electron chi connectivity index (χ1n) is 5.46. The van der Waals surface area contributed by atoms with Crippen molar-refractivity contribution in [2.45, 2.75) is 19.5 Å². The van der Waals surface area contributed by atoms with E-state index in [0.29, 0.717) is 12.2 Å². The molecule has 2 rings (SSSR count). The average molecular weight is 290 g/mol. The predicted molar refractivity (Wildman–Crippen MR) is 70.9 cm³/mol. The summed E-state index contributed by atoms with van der Waals surface area (Å²) in [7, 11) is 0. The smallest absolute Gasteiger partial charge is 0.257 e. The first-order valence-corrected chi connectivity index (χ1v) is 5.46. The fraction of sp³-hybridized carbons (Fsp3) is 0.250. The molecule has 2 N–H and O–H groups in total. The Labute approximate surface area is 115 Å². The Bertz CT molecular complexity index is 519. The molecule has 0 atom stereocenters. The van der Waals surface area contributed by atoms with Crippen LogP contribution in [0.15, 0.2) is 36.7 Å². The Hall–Kier alpha value is -1.82. The molecule has 0 aliphatic carbocycles. The van der Waals surface area contributed by atoms with Gasteiger partial charge in [-0.3, -0.25) is 4.68 Å². The number of alkyl halides is 2. The number of hydrogen-bond acceptors (Lipinski definition) is 3. The molecule has 0 spiro atoms. The lowest BCUT2D eigenvalue weighted by atomic mass is 10.2. The van der Waals surface area contributed by atoms with E-state index in [0.717, 1.165) is 5.56 Å². The second kappa shape index (κ2) is 6.94. The standard InChI is InChI=1S/C12H13F2N3O.ClH/c13-12(14)8-17-7-10(6-16-17)15-5-9-2-1-3-11(18)4-9;/h1-4,6-7,12,15,18H,5,8H2;1H. The SMILES string of the molecule is Cl.Oc1cccc(CNc2cnn(CC(F)F)c2)c1. The lowest BCUT2D eigenvalue weighted by molar-refractivity contribution is 0.122. The summed E-state index contributed by atoms with van der Waals surface area (Å²) in [6.45, 7) is 0.0859. The van der Waals surface area contributed by atoms with Crippen molar-refractivity contribution in [2.24, 2.45) is 0 Å². The largest absolute Gasteiger partial charge is 0.508 e. The summed E-state index contributed by atoms with van der Waals surface area (Å²) in [4.78, 5) is 0. The van der Waals surface area contributed by atoms with E-state index >= 15 is 0 Å². The van der Waals surface area contributed by atoms with Crippen LogP contribution in [0.2, 0.25) is 0 Å². The number of rotatable bonds is 5. The van der Waals surface area contributed by atoms with Gasteiger partial charge in [0.2, 0.25) is 0 Å². The van der Waals surface area contributed by atoms with Gasteiger partial charge in [0.15, 0.2) is 0 Å². The highest BCUT2D eigenvalue weighted by molar-refractivity contribution is 5.85. The Morgan fingerprint density at radius 1 is 1.37 bits per heavy atom. The molecule has 1 aromatic carbocycles. The zero-order valence-electron chi connectivity index (χ0n) is 9.96. The molecule has 0 saturated carbocycles. The molecule has 0 aliphatic rings. The quantitative estimate of drug-likeness (QED) is 0.890. The maximum Gasteiger partial charge on any atom is 0.257 e. The molecule has 7 heteroatoms. The summed E-state index contributed by atoms with van der Waals surface area (Å²) in [5, 5.41) is 16.1. The normalized spacial score (nSPS) is 10.3. The van der Waals surface area contributed by atoms with Gasteiger partial charge in [-0.1, -0.05) is 12.1 Å². The summed E-state index contributed by atoms with van der Waals surface area (Å²) in [5.41, 5.74) is 1.57. The number of benzene rings is 1. The number of aromatic nitrogens is 2.